The molecule has 3 heterocycles. The fourth-order valence-corrected chi connectivity index (χ4v) is 5.78. The molecule has 4 N–H and O–H groups in total. The number of aliphatic hydroxyl groups excluding tert-OH is 2. The molecule has 2 fully saturated rings. The van der Waals surface area contributed by atoms with Crippen LogP contribution < -0.4 is 5.73 Å². The molecule has 4 aliphatic rings. The molecule has 0 spiro atoms. The number of ether oxygens (including phenoxy) is 4. The Kier molecular flexibility index (Phi) is 8.03. The number of nitrogens with two attached hydrogens (primary N) is 1. The number of rotatable bonds is 8. The minimum atomic E-state index is -1.35. The van der Waals surface area contributed by atoms with Crippen molar-refractivity contribution in [3.8, 4) is 0 Å². The van der Waals surface area contributed by atoms with E-state index in [0.29, 0.717) is 18.0 Å². The Morgan fingerprint density at radius 3 is 2.63 bits per heavy atom. The zero-order chi connectivity index (χ0) is 27.8. The van der Waals surface area contributed by atoms with E-state index < -0.39 is 53.7 Å². The number of carbonyl (C=O) groups is 2. The summed E-state index contributed by atoms with van der Waals surface area (Å²) in [5, 5.41) is 27.7. The normalized spacial score (nSPS) is 34.5. The van der Waals surface area contributed by atoms with Crippen LogP contribution in [0.1, 0.15) is 52.9 Å². The third-order valence-electron chi connectivity index (χ3n) is 8.22. The molecule has 0 amide bonds. The molecule has 13 heteroatoms. The molecule has 1 unspecified atom stereocenters. The van der Waals surface area contributed by atoms with Crippen molar-refractivity contribution in [1.29, 1.82) is 0 Å². The van der Waals surface area contributed by atoms with E-state index in [0.717, 1.165) is 25.7 Å². The largest absolute Gasteiger partial charge is 0.508 e. The van der Waals surface area contributed by atoms with Crippen molar-refractivity contribution in [2.45, 2.75) is 101 Å². The van der Waals surface area contributed by atoms with Gasteiger partial charge < -0.3 is 34.9 Å². The number of hydrogen-bond acceptors (Lipinski definition) is 13. The molecule has 0 aromatic carbocycles. The molecule has 13 nitrogen and oxygen atoms in total. The molecular weight excluding hydrogens is 498 g/mol. The fourth-order valence-electron chi connectivity index (χ4n) is 5.78. The molecule has 3 aliphatic heterocycles. The number of aliphatic hydroxyl groups is 2. The number of hydrazone groups is 1. The Morgan fingerprint density at radius 1 is 1.29 bits per heavy atom. The summed E-state index contributed by atoms with van der Waals surface area (Å²) in [6, 6.07) is -0.813. The lowest BCUT2D eigenvalue weighted by Gasteiger charge is -2.47. The maximum atomic E-state index is 12.7. The predicted molar refractivity (Wildman–Crippen MR) is 136 cm³/mol. The van der Waals surface area contributed by atoms with E-state index in [1.165, 1.54) is 6.34 Å². The van der Waals surface area contributed by atoms with Crippen LogP contribution in [0.15, 0.2) is 21.9 Å². The molecule has 38 heavy (non-hydrogen) atoms. The Labute approximate surface area is 222 Å². The predicted octanol–water partition coefficient (Wildman–Crippen LogP) is 0.486. The summed E-state index contributed by atoms with van der Waals surface area (Å²) >= 11 is 0. The van der Waals surface area contributed by atoms with Gasteiger partial charge in [-0.05, 0) is 67.0 Å². The van der Waals surface area contributed by atoms with Crippen molar-refractivity contribution in [3.05, 3.63) is 11.8 Å². The highest BCUT2D eigenvalue weighted by Gasteiger charge is 2.64. The summed E-state index contributed by atoms with van der Waals surface area (Å²) in [6.07, 6.45) is 1.61. The van der Waals surface area contributed by atoms with Gasteiger partial charge in [0.15, 0.2) is 5.84 Å². The lowest BCUT2D eigenvalue weighted by molar-refractivity contribution is -0.160. The van der Waals surface area contributed by atoms with Gasteiger partial charge in [0.2, 0.25) is 0 Å². The molecular formula is C25H39N5O8. The van der Waals surface area contributed by atoms with Crippen molar-refractivity contribution >= 4 is 24.3 Å². The Bertz CT molecular complexity index is 1010. The quantitative estimate of drug-likeness (QED) is 0.368. The first kappa shape index (κ1) is 28.3. The zero-order valence-corrected chi connectivity index (χ0v) is 22.6. The summed E-state index contributed by atoms with van der Waals surface area (Å²) in [7, 11) is 3.40. The SMILES string of the molecule is C[C@@H](OC(=O)OC[C@H]1O[C@@](C)(C2(C)CC=C3C(N)=NC=NN32)[C@H](O)[C@@H]1O)[C@@H](C(=O)OC1CCCC1)N(C)C. The first-order valence-electron chi connectivity index (χ1n) is 13.0. The standard InChI is InChI=1S/C25H39N5O8/c1-14(18(29(4)5)22(33)37-15-8-6-7-9-15)36-23(34)35-12-17-19(31)20(32)25(3,38-17)24(2)11-10-16-21(26)27-13-28-30(16)24/h10,13-15,17-20,31-32H,6-9,11-12H2,1-5H3,(H2,26,27,28)/t14-,17-,18+,19-,20-,24?,25-/m1/s1. The minimum Gasteiger partial charge on any atom is -0.461 e. The molecule has 0 radical (unpaired) electrons. The summed E-state index contributed by atoms with van der Waals surface area (Å²) in [4.78, 5) is 30.9. The second-order valence-corrected chi connectivity index (χ2v) is 11.0. The Balaban J connectivity index is 1.35. The number of amidine groups is 1. The average molecular weight is 538 g/mol. The highest BCUT2D eigenvalue weighted by atomic mass is 16.7. The van der Waals surface area contributed by atoms with Crippen LogP contribution >= 0.6 is 0 Å². The minimum absolute atomic E-state index is 0.113. The zero-order valence-electron chi connectivity index (χ0n) is 22.6. The van der Waals surface area contributed by atoms with E-state index in [1.807, 2.05) is 13.0 Å². The number of aliphatic imine (C=N–C) groups is 1. The summed E-state index contributed by atoms with van der Waals surface area (Å²) in [5.41, 5.74) is 4.38. The van der Waals surface area contributed by atoms with Gasteiger partial charge in [-0.15, -0.1) is 0 Å². The van der Waals surface area contributed by atoms with Gasteiger partial charge in [0.1, 0.15) is 55.1 Å². The highest BCUT2D eigenvalue weighted by Crippen LogP contribution is 2.49. The molecule has 0 aromatic rings. The van der Waals surface area contributed by atoms with Crippen LogP contribution in [0.5, 0.6) is 0 Å². The van der Waals surface area contributed by atoms with Crippen LogP contribution in [-0.2, 0) is 23.7 Å². The van der Waals surface area contributed by atoms with Gasteiger partial charge in [-0.2, -0.15) is 5.10 Å². The number of carbonyl (C=O) groups excluding carboxylic acids is 2. The number of esters is 1. The molecule has 4 rings (SSSR count). The highest BCUT2D eigenvalue weighted by molar-refractivity contribution is 6.02. The van der Waals surface area contributed by atoms with E-state index in [4.69, 9.17) is 24.7 Å². The topological polar surface area (TPSA) is 169 Å². The van der Waals surface area contributed by atoms with Gasteiger partial charge in [0.25, 0.3) is 0 Å². The number of fused-ring (bicyclic) bond motifs is 1. The smallest absolute Gasteiger partial charge is 0.461 e. The van der Waals surface area contributed by atoms with Crippen molar-refractivity contribution < 1.29 is 38.7 Å². The van der Waals surface area contributed by atoms with Crippen LogP contribution in [0.25, 0.3) is 0 Å². The second kappa shape index (κ2) is 10.8. The van der Waals surface area contributed by atoms with Crippen LogP contribution in [-0.4, -0.2) is 113 Å². The summed E-state index contributed by atoms with van der Waals surface area (Å²) in [5.74, 6) is -0.167. The van der Waals surface area contributed by atoms with E-state index in [-0.39, 0.29) is 12.7 Å². The van der Waals surface area contributed by atoms with Crippen molar-refractivity contribution in [2.24, 2.45) is 15.8 Å². The third-order valence-corrected chi connectivity index (χ3v) is 8.22. The first-order chi connectivity index (χ1) is 17.9. The van der Waals surface area contributed by atoms with Gasteiger partial charge in [-0.1, -0.05) is 6.08 Å². The van der Waals surface area contributed by atoms with Crippen molar-refractivity contribution in [1.82, 2.24) is 9.91 Å². The van der Waals surface area contributed by atoms with Gasteiger partial charge in [0, 0.05) is 0 Å². The van der Waals surface area contributed by atoms with E-state index in [9.17, 15) is 19.8 Å². The second-order valence-electron chi connectivity index (χ2n) is 11.0. The number of likely N-dealkylation sites (N-methyl/N-ethyl adjacent to an activating group) is 1. The fraction of sp³-hybridized carbons (Fsp3) is 0.760. The van der Waals surface area contributed by atoms with E-state index in [2.05, 4.69) is 10.1 Å². The lowest BCUT2D eigenvalue weighted by atomic mass is 9.76. The molecule has 212 valence electrons. The molecule has 1 saturated heterocycles. The molecule has 0 bridgehead atoms. The molecule has 0 aromatic heterocycles. The molecule has 1 aliphatic carbocycles. The van der Waals surface area contributed by atoms with Crippen LogP contribution in [0.3, 0.4) is 0 Å². The third kappa shape index (κ3) is 4.99. The van der Waals surface area contributed by atoms with Gasteiger partial charge in [-0.3, -0.25) is 14.7 Å². The van der Waals surface area contributed by atoms with Gasteiger partial charge in [0.05, 0.1) is 11.2 Å². The Morgan fingerprint density at radius 2 is 1.97 bits per heavy atom. The molecule has 7 atom stereocenters. The van der Waals surface area contributed by atoms with Crippen LogP contribution in [0.4, 0.5) is 4.79 Å². The molecule has 1 saturated carbocycles. The first-order valence-corrected chi connectivity index (χ1v) is 13.0. The van der Waals surface area contributed by atoms with Gasteiger partial charge >= 0.3 is 12.1 Å². The number of hydrogen-bond donors (Lipinski definition) is 3. The van der Waals surface area contributed by atoms with Gasteiger partial charge in [-0.25, -0.2) is 9.79 Å². The Hall–Kier alpha value is -2.74. The number of nitrogens with zero attached hydrogens (tertiary/aromatic N) is 4. The van der Waals surface area contributed by atoms with Crippen LogP contribution in [0, 0.1) is 0 Å². The maximum absolute atomic E-state index is 12.7. The lowest BCUT2D eigenvalue weighted by Crippen LogP contribution is -2.63. The van der Waals surface area contributed by atoms with Crippen LogP contribution in [0.2, 0.25) is 0 Å². The summed E-state index contributed by atoms with van der Waals surface area (Å²) in [6.45, 7) is 4.73. The average Bonchev–Trinajstić information content (AvgIpc) is 3.54. The maximum Gasteiger partial charge on any atom is 0.508 e. The van der Waals surface area contributed by atoms with E-state index >= 15 is 0 Å². The summed E-state index contributed by atoms with van der Waals surface area (Å²) < 4.78 is 22.4. The van der Waals surface area contributed by atoms with Crippen molar-refractivity contribution in [3.63, 3.8) is 0 Å². The van der Waals surface area contributed by atoms with E-state index in [1.54, 1.807) is 37.9 Å². The van der Waals surface area contributed by atoms with Crippen molar-refractivity contribution in [2.75, 3.05) is 20.7 Å². The monoisotopic (exact) mass is 537 g/mol.